The highest BCUT2D eigenvalue weighted by Gasteiger charge is 2.24. The number of hydrogen-bond donors (Lipinski definition) is 2. The van der Waals surface area contributed by atoms with Gasteiger partial charge in [0.1, 0.15) is 0 Å². The minimum absolute atomic E-state index is 0.00827. The first-order valence-corrected chi connectivity index (χ1v) is 6.42. The van der Waals surface area contributed by atoms with E-state index < -0.39 is 0 Å². The molecular weight excluding hydrogens is 256 g/mol. The molecule has 0 aliphatic carbocycles. The van der Waals surface area contributed by atoms with Crippen LogP contribution in [0.2, 0.25) is 0 Å². The van der Waals surface area contributed by atoms with E-state index in [1.165, 1.54) is 0 Å². The van der Waals surface area contributed by atoms with Gasteiger partial charge >= 0.3 is 6.03 Å². The van der Waals surface area contributed by atoms with Crippen molar-refractivity contribution in [3.63, 3.8) is 0 Å². The molecule has 1 saturated heterocycles. The monoisotopic (exact) mass is 270 g/mol. The number of anilines is 1. The first-order chi connectivity index (χ1) is 9.67. The summed E-state index contributed by atoms with van der Waals surface area (Å²) in [5.74, 6) is -0.236. The van der Waals surface area contributed by atoms with Gasteiger partial charge in [0.15, 0.2) is 0 Å². The van der Waals surface area contributed by atoms with Gasteiger partial charge in [-0.05, 0) is 34.5 Å². The highest BCUT2D eigenvalue weighted by Crippen LogP contribution is 2.24. The van der Waals surface area contributed by atoms with Crippen LogP contribution in [-0.2, 0) is 11.4 Å². The summed E-state index contributed by atoms with van der Waals surface area (Å²) in [5, 5.41) is 13.4. The van der Waals surface area contributed by atoms with Crippen LogP contribution < -0.4 is 10.2 Å². The molecule has 1 fully saturated rings. The Morgan fingerprint density at radius 2 is 1.85 bits per heavy atom. The molecule has 2 N–H and O–H groups in total. The summed E-state index contributed by atoms with van der Waals surface area (Å²) >= 11 is 0. The number of carbonyl (C=O) groups excluding carboxylic acids is 2. The van der Waals surface area contributed by atoms with Crippen molar-refractivity contribution in [2.24, 2.45) is 0 Å². The van der Waals surface area contributed by atoms with E-state index in [1.54, 1.807) is 4.90 Å². The second kappa shape index (κ2) is 4.94. The topological polar surface area (TPSA) is 69.6 Å². The summed E-state index contributed by atoms with van der Waals surface area (Å²) in [4.78, 5) is 24.5. The third-order valence-electron chi connectivity index (χ3n) is 3.44. The minimum atomic E-state index is -0.382. The lowest BCUT2D eigenvalue weighted by Crippen LogP contribution is -2.49. The number of aliphatic hydroxyl groups is 1. The molecule has 0 radical (unpaired) electrons. The van der Waals surface area contributed by atoms with Gasteiger partial charge in [-0.15, -0.1) is 0 Å². The predicted molar refractivity (Wildman–Crippen MR) is 75.4 cm³/mol. The average molecular weight is 270 g/mol. The van der Waals surface area contributed by atoms with Gasteiger partial charge < -0.3 is 5.11 Å². The van der Waals surface area contributed by atoms with Gasteiger partial charge in [-0.1, -0.05) is 18.2 Å². The highest BCUT2D eigenvalue weighted by molar-refractivity contribution is 6.06. The molecule has 0 aromatic heterocycles. The van der Waals surface area contributed by atoms with Gasteiger partial charge in [-0.3, -0.25) is 15.0 Å². The lowest BCUT2D eigenvalue weighted by Gasteiger charge is -2.26. The van der Waals surface area contributed by atoms with E-state index in [-0.39, 0.29) is 18.5 Å². The Morgan fingerprint density at radius 3 is 2.60 bits per heavy atom. The number of aliphatic hydroxyl groups excluding tert-OH is 1. The number of rotatable bonds is 2. The first-order valence-electron chi connectivity index (χ1n) is 6.42. The second-order valence-electron chi connectivity index (χ2n) is 4.78. The lowest BCUT2D eigenvalue weighted by atomic mass is 10.1. The van der Waals surface area contributed by atoms with E-state index in [2.05, 4.69) is 5.32 Å². The van der Waals surface area contributed by atoms with Crippen LogP contribution in [0.1, 0.15) is 12.0 Å². The Morgan fingerprint density at radius 1 is 1.10 bits per heavy atom. The summed E-state index contributed by atoms with van der Waals surface area (Å²) in [5.41, 5.74) is 1.62. The third kappa shape index (κ3) is 2.23. The van der Waals surface area contributed by atoms with Crippen LogP contribution in [0.5, 0.6) is 0 Å². The van der Waals surface area contributed by atoms with Crippen molar-refractivity contribution in [3.8, 4) is 0 Å². The fourth-order valence-electron chi connectivity index (χ4n) is 2.36. The molecule has 0 bridgehead atoms. The Bertz CT molecular complexity index is 697. The summed E-state index contributed by atoms with van der Waals surface area (Å²) in [7, 11) is 0. The number of urea groups is 1. The second-order valence-corrected chi connectivity index (χ2v) is 4.78. The Hall–Kier alpha value is -2.40. The number of carbonyl (C=O) groups is 2. The van der Waals surface area contributed by atoms with E-state index in [4.69, 9.17) is 5.11 Å². The minimum Gasteiger partial charge on any atom is -0.392 e. The van der Waals surface area contributed by atoms with Crippen LogP contribution in [0.15, 0.2) is 36.4 Å². The Kier molecular flexibility index (Phi) is 3.12. The molecule has 5 heteroatoms. The number of nitrogens with one attached hydrogen (secondary N) is 1. The van der Waals surface area contributed by atoms with Crippen LogP contribution in [0.25, 0.3) is 10.8 Å². The average Bonchev–Trinajstić information content (AvgIpc) is 2.46. The number of hydrogen-bond acceptors (Lipinski definition) is 3. The summed E-state index contributed by atoms with van der Waals surface area (Å²) in [6.07, 6.45) is 0.313. The van der Waals surface area contributed by atoms with Gasteiger partial charge in [0, 0.05) is 18.7 Å². The van der Waals surface area contributed by atoms with E-state index >= 15 is 0 Å². The number of nitrogens with zero attached hydrogens (tertiary/aromatic N) is 1. The van der Waals surface area contributed by atoms with Gasteiger partial charge in [-0.2, -0.15) is 0 Å². The maximum Gasteiger partial charge on any atom is 0.328 e. The molecule has 1 aliphatic heterocycles. The SMILES string of the molecule is O=C1CCN(c2ccc3cc(CO)ccc3c2)C(=O)N1. The fourth-order valence-corrected chi connectivity index (χ4v) is 2.36. The number of amides is 3. The quantitative estimate of drug-likeness (QED) is 0.874. The normalized spacial score (nSPS) is 15.6. The van der Waals surface area contributed by atoms with Gasteiger partial charge in [0.2, 0.25) is 5.91 Å². The van der Waals surface area contributed by atoms with E-state index in [0.29, 0.717) is 13.0 Å². The molecule has 0 unspecified atom stereocenters. The largest absolute Gasteiger partial charge is 0.392 e. The van der Waals surface area contributed by atoms with Crippen molar-refractivity contribution in [1.29, 1.82) is 0 Å². The van der Waals surface area contributed by atoms with E-state index in [0.717, 1.165) is 22.0 Å². The van der Waals surface area contributed by atoms with Crippen molar-refractivity contribution in [3.05, 3.63) is 42.0 Å². The molecule has 2 aromatic rings. The van der Waals surface area contributed by atoms with Gasteiger partial charge in [0.05, 0.1) is 6.61 Å². The first kappa shape index (κ1) is 12.6. The standard InChI is InChI=1S/C15H14N2O3/c18-9-10-1-2-12-8-13(4-3-11(12)7-10)17-6-5-14(19)16-15(17)20/h1-4,7-8,18H,5-6,9H2,(H,16,19,20). The predicted octanol–water partition coefficient (Wildman–Crippen LogP) is 1.78. The van der Waals surface area contributed by atoms with Crippen molar-refractivity contribution in [1.82, 2.24) is 5.32 Å². The van der Waals surface area contributed by atoms with Crippen molar-refractivity contribution >= 4 is 28.4 Å². The van der Waals surface area contributed by atoms with Crippen LogP contribution in [0.4, 0.5) is 10.5 Å². The zero-order valence-electron chi connectivity index (χ0n) is 10.8. The van der Waals surface area contributed by atoms with Crippen molar-refractivity contribution in [2.45, 2.75) is 13.0 Å². The molecule has 2 aromatic carbocycles. The summed E-state index contributed by atoms with van der Waals surface area (Å²) in [6, 6.07) is 11.0. The van der Waals surface area contributed by atoms with Crippen LogP contribution in [0, 0.1) is 0 Å². The lowest BCUT2D eigenvalue weighted by molar-refractivity contribution is -0.120. The van der Waals surface area contributed by atoms with Gasteiger partial charge in [0.25, 0.3) is 0 Å². The molecule has 3 amide bonds. The van der Waals surface area contributed by atoms with Crippen LogP contribution in [-0.4, -0.2) is 23.6 Å². The molecule has 3 rings (SSSR count). The van der Waals surface area contributed by atoms with Crippen molar-refractivity contribution < 1.29 is 14.7 Å². The molecule has 1 aliphatic rings. The number of imide groups is 1. The number of benzene rings is 2. The smallest absolute Gasteiger partial charge is 0.328 e. The molecule has 0 spiro atoms. The maximum absolute atomic E-state index is 11.8. The highest BCUT2D eigenvalue weighted by atomic mass is 16.3. The molecule has 1 heterocycles. The van der Waals surface area contributed by atoms with Gasteiger partial charge in [-0.25, -0.2) is 4.79 Å². The zero-order valence-corrected chi connectivity index (χ0v) is 10.8. The molecule has 20 heavy (non-hydrogen) atoms. The van der Waals surface area contributed by atoms with Crippen molar-refractivity contribution in [2.75, 3.05) is 11.4 Å². The molecule has 0 saturated carbocycles. The molecule has 0 atom stereocenters. The van der Waals surface area contributed by atoms with E-state index in [1.807, 2.05) is 36.4 Å². The number of fused-ring (bicyclic) bond motifs is 1. The Balaban J connectivity index is 1.96. The zero-order chi connectivity index (χ0) is 14.1. The summed E-state index contributed by atoms with van der Waals surface area (Å²) < 4.78 is 0. The van der Waals surface area contributed by atoms with E-state index in [9.17, 15) is 9.59 Å². The Labute approximate surface area is 115 Å². The molecular formula is C15H14N2O3. The maximum atomic E-state index is 11.8. The molecule has 102 valence electrons. The third-order valence-corrected chi connectivity index (χ3v) is 3.44. The summed E-state index contributed by atoms with van der Waals surface area (Å²) in [6.45, 7) is 0.402. The van der Waals surface area contributed by atoms with Crippen LogP contribution >= 0.6 is 0 Å². The fraction of sp³-hybridized carbons (Fsp3) is 0.200. The molecule has 5 nitrogen and oxygen atoms in total. The van der Waals surface area contributed by atoms with Crippen LogP contribution in [0.3, 0.4) is 0 Å².